The van der Waals surface area contributed by atoms with Crippen LogP contribution in [0.25, 0.3) is 10.9 Å². The van der Waals surface area contributed by atoms with Gasteiger partial charge in [0.15, 0.2) is 11.6 Å². The van der Waals surface area contributed by atoms with Crippen molar-refractivity contribution in [3.05, 3.63) is 83.1 Å². The highest BCUT2D eigenvalue weighted by Gasteiger charge is 2.66. The second kappa shape index (κ2) is 10.2. The van der Waals surface area contributed by atoms with Gasteiger partial charge in [-0.2, -0.15) is 0 Å². The highest BCUT2D eigenvalue weighted by molar-refractivity contribution is 6.15. The first-order valence-corrected chi connectivity index (χ1v) is 13.6. The Hall–Kier alpha value is -3.55. The lowest BCUT2D eigenvalue weighted by molar-refractivity contribution is -0.144. The van der Waals surface area contributed by atoms with Gasteiger partial charge in [-0.15, -0.1) is 0 Å². The van der Waals surface area contributed by atoms with E-state index in [0.717, 1.165) is 39.8 Å². The number of aliphatic hydroxyl groups excluding tert-OH is 2. The Bertz CT molecular complexity index is 1460. The number of amides is 1. The predicted octanol–water partition coefficient (Wildman–Crippen LogP) is 3.74. The fourth-order valence-electron chi connectivity index (χ4n) is 6.88. The Kier molecular flexibility index (Phi) is 7.08. The minimum atomic E-state index is -1.63. The largest absolute Gasteiger partial charge is 0.388 e. The summed E-state index contributed by atoms with van der Waals surface area (Å²) in [5, 5.41) is 26.2. The van der Waals surface area contributed by atoms with Crippen LogP contribution in [0.5, 0.6) is 0 Å². The van der Waals surface area contributed by atoms with Crippen LogP contribution in [-0.4, -0.2) is 50.9 Å². The zero-order chi connectivity index (χ0) is 28.1. The maximum Gasteiger partial charge on any atom is 0.235 e. The van der Waals surface area contributed by atoms with Crippen LogP contribution in [0.4, 0.5) is 0 Å². The summed E-state index contributed by atoms with van der Waals surface area (Å²) in [6, 6.07) is 7.55. The minimum absolute atomic E-state index is 0.00187. The van der Waals surface area contributed by atoms with Crippen molar-refractivity contribution in [2.75, 3.05) is 0 Å². The summed E-state index contributed by atoms with van der Waals surface area (Å²) in [6.45, 7) is 7.40. The van der Waals surface area contributed by atoms with E-state index < -0.39 is 53.0 Å². The van der Waals surface area contributed by atoms with Gasteiger partial charge in [-0.05, 0) is 74.5 Å². The van der Waals surface area contributed by atoms with Crippen LogP contribution in [0.2, 0.25) is 0 Å². The first-order valence-electron chi connectivity index (χ1n) is 13.6. The molecule has 1 aromatic heterocycles. The van der Waals surface area contributed by atoms with Crippen LogP contribution >= 0.6 is 0 Å². The Labute approximate surface area is 228 Å². The summed E-state index contributed by atoms with van der Waals surface area (Å²) < 4.78 is 0. The van der Waals surface area contributed by atoms with E-state index in [-0.39, 0.29) is 5.92 Å². The molecular weight excluding hydrogens is 492 g/mol. The molecule has 1 amide bonds. The third-order valence-corrected chi connectivity index (χ3v) is 9.00. The fraction of sp³-hybridized carbons (Fsp3) is 0.406. The molecule has 7 nitrogen and oxygen atoms in total. The van der Waals surface area contributed by atoms with E-state index >= 15 is 0 Å². The number of hydrogen-bond acceptors (Lipinski definition) is 5. The van der Waals surface area contributed by atoms with Gasteiger partial charge in [0.2, 0.25) is 5.91 Å². The molecule has 4 N–H and O–H groups in total. The summed E-state index contributed by atoms with van der Waals surface area (Å²) >= 11 is 0. The number of H-pyrrole nitrogens is 1. The fourth-order valence-corrected chi connectivity index (χ4v) is 6.88. The van der Waals surface area contributed by atoms with Gasteiger partial charge in [0, 0.05) is 35.0 Å². The molecule has 1 spiro atoms. The Balaban J connectivity index is 1.65. The first-order chi connectivity index (χ1) is 18.6. The molecule has 1 aromatic carbocycles. The van der Waals surface area contributed by atoms with Crippen molar-refractivity contribution in [1.29, 1.82) is 0 Å². The average Bonchev–Trinajstić information content (AvgIpc) is 3.45. The molecule has 0 radical (unpaired) electrons. The number of allylic oxidation sites excluding steroid dienone is 3. The van der Waals surface area contributed by atoms with Gasteiger partial charge in [-0.3, -0.25) is 14.4 Å². The quantitative estimate of drug-likeness (QED) is 0.350. The Morgan fingerprint density at radius 2 is 1.77 bits per heavy atom. The molecule has 204 valence electrons. The summed E-state index contributed by atoms with van der Waals surface area (Å²) in [5.41, 5.74) is 2.46. The van der Waals surface area contributed by atoms with Gasteiger partial charge in [0.1, 0.15) is 11.5 Å². The number of fused-ring (bicyclic) bond motifs is 1. The summed E-state index contributed by atoms with van der Waals surface area (Å²) in [7, 11) is 0. The summed E-state index contributed by atoms with van der Waals surface area (Å²) in [5.74, 6) is -2.94. The van der Waals surface area contributed by atoms with E-state index in [1.54, 1.807) is 6.92 Å². The van der Waals surface area contributed by atoms with Crippen LogP contribution in [0.15, 0.2) is 77.6 Å². The molecule has 1 fully saturated rings. The van der Waals surface area contributed by atoms with Gasteiger partial charge in [-0.25, -0.2) is 0 Å². The lowest BCUT2D eigenvalue weighted by atomic mass is 9.55. The number of rotatable bonds is 2. The second-order valence-corrected chi connectivity index (χ2v) is 11.4. The average molecular weight is 529 g/mol. The molecule has 0 unspecified atom stereocenters. The summed E-state index contributed by atoms with van der Waals surface area (Å²) in [6.07, 6.45) is 8.34. The Morgan fingerprint density at radius 3 is 2.54 bits per heavy atom. The zero-order valence-electron chi connectivity index (χ0n) is 22.8. The van der Waals surface area contributed by atoms with Gasteiger partial charge in [0.05, 0.1) is 6.10 Å². The summed E-state index contributed by atoms with van der Waals surface area (Å²) in [4.78, 5) is 44.3. The van der Waals surface area contributed by atoms with Gasteiger partial charge < -0.3 is 20.5 Å². The first kappa shape index (κ1) is 27.0. The van der Waals surface area contributed by atoms with Crippen LogP contribution in [0.3, 0.4) is 0 Å². The van der Waals surface area contributed by atoms with E-state index in [4.69, 9.17) is 0 Å². The van der Waals surface area contributed by atoms with Crippen LogP contribution in [0.1, 0.15) is 39.7 Å². The smallest absolute Gasteiger partial charge is 0.235 e. The van der Waals surface area contributed by atoms with Gasteiger partial charge >= 0.3 is 0 Å². The molecule has 1 aliphatic heterocycles. The minimum Gasteiger partial charge on any atom is -0.388 e. The topological polar surface area (TPSA) is 119 Å². The van der Waals surface area contributed by atoms with E-state index in [1.165, 1.54) is 0 Å². The number of benzene rings is 1. The van der Waals surface area contributed by atoms with Crippen LogP contribution in [0, 0.1) is 23.2 Å². The lowest BCUT2D eigenvalue weighted by Gasteiger charge is -2.45. The molecule has 0 bridgehead atoms. The van der Waals surface area contributed by atoms with Crippen LogP contribution in [-0.2, 0) is 20.8 Å². The molecule has 2 heterocycles. The van der Waals surface area contributed by atoms with E-state index in [1.807, 2.05) is 69.5 Å². The third-order valence-electron chi connectivity index (χ3n) is 9.00. The standard InChI is InChI=1S/C32H36N2O5/c1-17-8-7-10-23-30(38)20(4)19(3)28-25(15-21-16-33-24-11-6-5-9-22(21)24)34-31(39)32(23,28)27(36)13-12-26(35)29(37)18(2)14-17/h5-7,9-14,16-17,23,25,28-30,33,37-38H,8,15H2,1-4H3,(H,34,39)/b10-7+,13-12-,18-14?/t17-,23+,25+,28+,29+,30-,32-/m1/s1. The molecule has 5 rings (SSSR count). The SMILES string of the molecule is CC1=C[C@H](C)C/C=C/[C@H]2[C@H](O)C(C)=C(C)[C@H]3[C@H](Cc4c[nH]c5ccccc45)NC(=O)[C@@]23C(=O)/C=C\C(=O)[C@H]1O. The highest BCUT2D eigenvalue weighted by atomic mass is 16.3. The molecule has 3 aliphatic rings. The van der Waals surface area contributed by atoms with Crippen molar-refractivity contribution in [1.82, 2.24) is 10.3 Å². The Morgan fingerprint density at radius 1 is 1.03 bits per heavy atom. The van der Waals surface area contributed by atoms with E-state index in [2.05, 4.69) is 10.3 Å². The number of hydrogen-bond donors (Lipinski definition) is 4. The molecule has 7 heteroatoms. The maximum atomic E-state index is 14.2. The van der Waals surface area contributed by atoms with Crippen molar-refractivity contribution >= 4 is 28.4 Å². The second-order valence-electron chi connectivity index (χ2n) is 11.4. The molecule has 1 saturated heterocycles. The molecule has 0 saturated carbocycles. The maximum absolute atomic E-state index is 14.2. The number of para-hydroxylation sites is 1. The molecule has 2 aromatic rings. The van der Waals surface area contributed by atoms with Gasteiger partial charge in [-0.1, -0.05) is 48.9 Å². The number of aromatic nitrogens is 1. The number of aromatic amines is 1. The van der Waals surface area contributed by atoms with Crippen molar-refractivity contribution in [2.24, 2.45) is 23.2 Å². The molecule has 7 atom stereocenters. The van der Waals surface area contributed by atoms with Crippen molar-refractivity contribution in [2.45, 2.75) is 58.8 Å². The third kappa shape index (κ3) is 4.34. The zero-order valence-corrected chi connectivity index (χ0v) is 22.8. The highest BCUT2D eigenvalue weighted by Crippen LogP contribution is 2.55. The number of nitrogens with one attached hydrogen (secondary N) is 2. The van der Waals surface area contributed by atoms with E-state index in [0.29, 0.717) is 18.4 Å². The van der Waals surface area contributed by atoms with Crippen molar-refractivity contribution in [3.8, 4) is 0 Å². The van der Waals surface area contributed by atoms with Gasteiger partial charge in [0.25, 0.3) is 0 Å². The predicted molar refractivity (Wildman–Crippen MR) is 150 cm³/mol. The van der Waals surface area contributed by atoms with E-state index in [9.17, 15) is 24.6 Å². The monoisotopic (exact) mass is 528 g/mol. The lowest BCUT2D eigenvalue weighted by Crippen LogP contribution is -2.55. The van der Waals surface area contributed by atoms with Crippen molar-refractivity contribution in [3.63, 3.8) is 0 Å². The molecule has 2 aliphatic carbocycles. The normalized spacial score (nSPS) is 35.3. The number of carbonyl (C=O) groups is 3. The molecular formula is C32H36N2O5. The number of ketones is 2. The van der Waals surface area contributed by atoms with Crippen LogP contribution < -0.4 is 5.32 Å². The van der Waals surface area contributed by atoms with Crippen molar-refractivity contribution < 1.29 is 24.6 Å². The number of carbonyl (C=O) groups excluding carboxylic acids is 3. The molecule has 39 heavy (non-hydrogen) atoms. The number of aliphatic hydroxyl groups is 2.